The predicted octanol–water partition coefficient (Wildman–Crippen LogP) is 1.61. The number of methoxy groups -OCH3 is 1. The molecule has 0 aliphatic heterocycles. The van der Waals surface area contributed by atoms with Crippen molar-refractivity contribution < 1.29 is 18.0 Å². The van der Waals surface area contributed by atoms with Crippen molar-refractivity contribution in [2.45, 2.75) is 0 Å². The van der Waals surface area contributed by atoms with Gasteiger partial charge in [0.25, 0.3) is 0 Å². The van der Waals surface area contributed by atoms with Crippen LogP contribution in [0.3, 0.4) is 0 Å². The molecule has 0 saturated carbocycles. The van der Waals surface area contributed by atoms with Gasteiger partial charge in [-0.05, 0) is 18.2 Å². The average molecular weight is 157 g/mol. The molecule has 0 heterocycles. The molecule has 0 fully saturated rings. The van der Waals surface area contributed by atoms with E-state index in [9.17, 15) is 9.18 Å². The number of hydrogen-bond donors (Lipinski definition) is 0. The van der Waals surface area contributed by atoms with Gasteiger partial charge in [-0.3, -0.25) is 0 Å². The Labute approximate surface area is 67.8 Å². The van der Waals surface area contributed by atoms with Crippen molar-refractivity contribution in [1.82, 2.24) is 0 Å². The summed E-state index contributed by atoms with van der Waals surface area (Å²) in [6, 6.07) is 4.63. The molecule has 0 spiro atoms. The zero-order valence-electron chi connectivity index (χ0n) is 8.50. The molecule has 0 unspecified atom stereocenters. The normalized spacial score (nSPS) is 14.5. The van der Waals surface area contributed by atoms with Crippen LogP contribution in [-0.2, 0) is 4.74 Å². The first-order valence-corrected chi connectivity index (χ1v) is 2.87. The summed E-state index contributed by atoms with van der Waals surface area (Å²) in [6.07, 6.45) is 0. The highest BCUT2D eigenvalue weighted by molar-refractivity contribution is 5.89. The van der Waals surface area contributed by atoms with Gasteiger partial charge >= 0.3 is 5.97 Å². The maximum Gasteiger partial charge on any atom is 0.337 e. The molecule has 1 aromatic rings. The molecule has 2 nitrogen and oxygen atoms in total. The van der Waals surface area contributed by atoms with Gasteiger partial charge in [-0.15, -0.1) is 0 Å². The fourth-order valence-electron chi connectivity index (χ4n) is 0.674. The highest BCUT2D eigenvalue weighted by Crippen LogP contribution is 2.03. The number of rotatable bonds is 1. The molecule has 0 saturated heterocycles. The van der Waals surface area contributed by atoms with Crippen molar-refractivity contribution in [3.8, 4) is 0 Å². The number of ether oxygens (including phenoxy) is 1. The molecule has 0 aliphatic carbocycles. The van der Waals surface area contributed by atoms with E-state index in [1.807, 2.05) is 0 Å². The average Bonchev–Trinajstić information content (AvgIpc) is 2.01. The minimum absolute atomic E-state index is 0.124. The highest BCUT2D eigenvalue weighted by atomic mass is 19.1. The Hall–Kier alpha value is -1.38. The summed E-state index contributed by atoms with van der Waals surface area (Å²) in [5.74, 6) is -1.69. The zero-order chi connectivity index (χ0) is 10.8. The molecule has 0 aliphatic rings. The third-order valence-electron chi connectivity index (χ3n) is 1.15. The summed E-state index contributed by atoms with van der Waals surface area (Å²) in [5.41, 5.74) is -0.124. The maximum atomic E-state index is 12.6. The standard InChI is InChI=1S/C8H7FO2/c1-11-8(10)6-3-2-4-7(9)5-6/h2-5H,1H3/i1D3. The molecule has 0 amide bonds. The van der Waals surface area contributed by atoms with Crippen molar-refractivity contribution >= 4 is 5.97 Å². The van der Waals surface area contributed by atoms with Crippen molar-refractivity contribution in [3.63, 3.8) is 0 Å². The first-order chi connectivity index (χ1) is 6.38. The van der Waals surface area contributed by atoms with Gasteiger partial charge in [0, 0.05) is 0 Å². The van der Waals surface area contributed by atoms with Crippen LogP contribution >= 0.6 is 0 Å². The van der Waals surface area contributed by atoms with Crippen molar-refractivity contribution in [1.29, 1.82) is 0 Å². The number of halogens is 1. The van der Waals surface area contributed by atoms with Crippen molar-refractivity contribution in [2.75, 3.05) is 7.04 Å². The van der Waals surface area contributed by atoms with Gasteiger partial charge in [-0.1, -0.05) is 6.07 Å². The summed E-state index contributed by atoms with van der Waals surface area (Å²) in [6.45, 7) is 0. The Balaban J connectivity index is 2.80. The molecule has 0 N–H and O–H groups in total. The summed E-state index contributed by atoms with van der Waals surface area (Å²) in [5, 5.41) is 0. The van der Waals surface area contributed by atoms with E-state index in [4.69, 9.17) is 4.11 Å². The number of carbonyl (C=O) groups excluding carboxylic acids is 1. The lowest BCUT2D eigenvalue weighted by atomic mass is 10.2. The maximum absolute atomic E-state index is 12.6. The third-order valence-corrected chi connectivity index (χ3v) is 1.15. The van der Waals surface area contributed by atoms with Gasteiger partial charge in [0.1, 0.15) is 5.82 Å². The first kappa shape index (κ1) is 4.49. The summed E-state index contributed by atoms with van der Waals surface area (Å²) in [4.78, 5) is 11.1. The second kappa shape index (κ2) is 3.14. The molecule has 0 bridgehead atoms. The lowest BCUT2D eigenvalue weighted by Crippen LogP contribution is -2.00. The first-order valence-electron chi connectivity index (χ1n) is 4.37. The van der Waals surface area contributed by atoms with E-state index in [1.54, 1.807) is 0 Å². The Kier molecular flexibility index (Phi) is 1.28. The monoisotopic (exact) mass is 157 g/mol. The van der Waals surface area contributed by atoms with E-state index >= 15 is 0 Å². The fraction of sp³-hybridized carbons (Fsp3) is 0.125. The van der Waals surface area contributed by atoms with Crippen LogP contribution in [0.1, 0.15) is 14.5 Å². The van der Waals surface area contributed by atoms with E-state index in [2.05, 4.69) is 4.74 Å². The molecule has 58 valence electrons. The molecular weight excluding hydrogens is 147 g/mol. The van der Waals surface area contributed by atoms with Crippen LogP contribution < -0.4 is 0 Å². The van der Waals surface area contributed by atoms with Gasteiger partial charge in [0.2, 0.25) is 0 Å². The van der Waals surface area contributed by atoms with Crippen molar-refractivity contribution in [3.05, 3.63) is 35.6 Å². The number of carbonyl (C=O) groups is 1. The van der Waals surface area contributed by atoms with E-state index in [0.29, 0.717) is 0 Å². The Morgan fingerprint density at radius 1 is 1.73 bits per heavy atom. The van der Waals surface area contributed by atoms with Crippen LogP contribution in [0.25, 0.3) is 0 Å². The van der Waals surface area contributed by atoms with Crippen LogP contribution in [-0.4, -0.2) is 13.0 Å². The van der Waals surface area contributed by atoms with E-state index < -0.39 is 18.8 Å². The summed E-state index contributed by atoms with van der Waals surface area (Å²) >= 11 is 0. The summed E-state index contributed by atoms with van der Waals surface area (Å²) < 4.78 is 36.7. The number of benzene rings is 1. The van der Waals surface area contributed by atoms with Gasteiger partial charge in [-0.25, -0.2) is 9.18 Å². The molecule has 0 radical (unpaired) electrons. The largest absolute Gasteiger partial charge is 0.465 e. The van der Waals surface area contributed by atoms with Gasteiger partial charge in [0.15, 0.2) is 0 Å². The Bertz CT molecular complexity index is 349. The molecule has 0 aromatic heterocycles. The topological polar surface area (TPSA) is 26.3 Å². The summed E-state index contributed by atoms with van der Waals surface area (Å²) in [7, 11) is -2.80. The predicted molar refractivity (Wildman–Crippen MR) is 37.7 cm³/mol. The minimum Gasteiger partial charge on any atom is -0.465 e. The number of esters is 1. The number of hydrogen-bond acceptors (Lipinski definition) is 2. The van der Waals surface area contributed by atoms with Crippen LogP contribution in [0.15, 0.2) is 24.3 Å². The van der Waals surface area contributed by atoms with Crippen molar-refractivity contribution in [2.24, 2.45) is 0 Å². The molecule has 0 atom stereocenters. The van der Waals surface area contributed by atoms with Gasteiger partial charge in [0.05, 0.1) is 16.7 Å². The fourth-order valence-corrected chi connectivity index (χ4v) is 0.674. The quantitative estimate of drug-likeness (QED) is 0.579. The Morgan fingerprint density at radius 2 is 2.55 bits per heavy atom. The molecule has 3 heteroatoms. The SMILES string of the molecule is [2H]C([2H])([2H])OC(=O)c1cccc(F)c1. The smallest absolute Gasteiger partial charge is 0.337 e. The van der Waals surface area contributed by atoms with Crippen LogP contribution in [0.5, 0.6) is 0 Å². The van der Waals surface area contributed by atoms with Gasteiger partial charge in [-0.2, -0.15) is 0 Å². The lowest BCUT2D eigenvalue weighted by molar-refractivity contribution is 0.0600. The lowest BCUT2D eigenvalue weighted by Gasteiger charge is -1.96. The van der Waals surface area contributed by atoms with Crippen LogP contribution in [0, 0.1) is 5.82 Å². The van der Waals surface area contributed by atoms with E-state index in [0.717, 1.165) is 12.1 Å². The minimum atomic E-state index is -2.80. The van der Waals surface area contributed by atoms with Crippen LogP contribution in [0.2, 0.25) is 0 Å². The molecule has 11 heavy (non-hydrogen) atoms. The Morgan fingerprint density at radius 3 is 3.18 bits per heavy atom. The van der Waals surface area contributed by atoms with Crippen LogP contribution in [0.4, 0.5) is 4.39 Å². The third kappa shape index (κ3) is 1.77. The van der Waals surface area contributed by atoms with Gasteiger partial charge < -0.3 is 4.74 Å². The molecular formula is C8H7FO2. The van der Waals surface area contributed by atoms with E-state index in [1.165, 1.54) is 12.1 Å². The second-order valence-electron chi connectivity index (χ2n) is 1.90. The zero-order valence-corrected chi connectivity index (χ0v) is 5.50. The van der Waals surface area contributed by atoms with E-state index in [-0.39, 0.29) is 5.56 Å². The second-order valence-corrected chi connectivity index (χ2v) is 1.90. The molecule has 1 rings (SSSR count). The highest BCUT2D eigenvalue weighted by Gasteiger charge is 2.04. The molecule has 1 aromatic carbocycles.